The highest BCUT2D eigenvalue weighted by atomic mass is 32.1. The van der Waals surface area contributed by atoms with Gasteiger partial charge in [0.05, 0.1) is 24.9 Å². The molecule has 0 unspecified atom stereocenters. The molecule has 0 bridgehead atoms. The number of phenols is 1. The quantitative estimate of drug-likeness (QED) is 0.466. The Morgan fingerprint density at radius 3 is 2.88 bits per heavy atom. The molecule has 1 aromatic heterocycles. The highest BCUT2D eigenvalue weighted by molar-refractivity contribution is 7.13. The fourth-order valence-electron chi connectivity index (χ4n) is 2.23. The number of para-hydroxylation sites is 1. The van der Waals surface area contributed by atoms with Gasteiger partial charge in [-0.25, -0.2) is 4.98 Å². The Hall–Kier alpha value is -2.41. The number of thiazole rings is 1. The van der Waals surface area contributed by atoms with Crippen LogP contribution in [0.5, 0.6) is 5.75 Å². The van der Waals surface area contributed by atoms with Crippen molar-refractivity contribution in [1.29, 1.82) is 0 Å². The van der Waals surface area contributed by atoms with E-state index in [-0.39, 0.29) is 23.6 Å². The van der Waals surface area contributed by atoms with E-state index in [1.807, 2.05) is 32.9 Å². The number of hydrazone groups is 1. The largest absolute Gasteiger partial charge is 0.507 e. The summed E-state index contributed by atoms with van der Waals surface area (Å²) >= 11 is 1.35. The van der Waals surface area contributed by atoms with Gasteiger partial charge in [0.1, 0.15) is 5.75 Å². The van der Waals surface area contributed by atoms with Crippen molar-refractivity contribution in [3.8, 4) is 5.75 Å². The molecular formula is C18H23N3O3S. The van der Waals surface area contributed by atoms with Gasteiger partial charge >= 0.3 is 5.97 Å². The highest BCUT2D eigenvalue weighted by Crippen LogP contribution is 2.32. The summed E-state index contributed by atoms with van der Waals surface area (Å²) in [6, 6.07) is 5.59. The summed E-state index contributed by atoms with van der Waals surface area (Å²) in [5, 5.41) is 16.9. The summed E-state index contributed by atoms with van der Waals surface area (Å²) in [5.41, 5.74) is 4.79. The summed E-state index contributed by atoms with van der Waals surface area (Å²) in [6.45, 7) is 8.26. The number of nitrogens with one attached hydrogen (secondary N) is 1. The fourth-order valence-corrected chi connectivity index (χ4v) is 2.89. The molecule has 0 saturated carbocycles. The van der Waals surface area contributed by atoms with E-state index >= 15 is 0 Å². The minimum absolute atomic E-state index is 0.143. The molecule has 0 saturated heterocycles. The van der Waals surface area contributed by atoms with Gasteiger partial charge in [0, 0.05) is 10.9 Å². The maximum atomic E-state index is 11.4. The number of hydrogen-bond acceptors (Lipinski definition) is 7. The van der Waals surface area contributed by atoms with E-state index in [0.717, 1.165) is 5.56 Å². The lowest BCUT2D eigenvalue weighted by molar-refractivity contribution is -0.142. The van der Waals surface area contributed by atoms with Crippen molar-refractivity contribution in [2.24, 2.45) is 5.10 Å². The SMILES string of the molecule is CCOC(=O)Cc1csc(NN=Cc2cccc(C(C)(C)C)c2O)n1. The van der Waals surface area contributed by atoms with Gasteiger partial charge < -0.3 is 9.84 Å². The lowest BCUT2D eigenvalue weighted by Crippen LogP contribution is -2.11. The van der Waals surface area contributed by atoms with Crippen molar-refractivity contribution in [1.82, 2.24) is 4.98 Å². The van der Waals surface area contributed by atoms with E-state index in [0.29, 0.717) is 23.0 Å². The smallest absolute Gasteiger partial charge is 0.311 e. The number of benzene rings is 1. The summed E-state index contributed by atoms with van der Waals surface area (Å²) in [5.74, 6) is -0.0746. The minimum Gasteiger partial charge on any atom is -0.507 e. The second-order valence-corrected chi connectivity index (χ2v) is 7.35. The number of esters is 1. The average Bonchev–Trinajstić information content (AvgIpc) is 2.95. The molecule has 2 aromatic rings. The Bertz CT molecular complexity index is 763. The summed E-state index contributed by atoms with van der Waals surface area (Å²) in [6.07, 6.45) is 1.70. The third kappa shape index (κ3) is 5.29. The van der Waals surface area contributed by atoms with E-state index < -0.39 is 0 Å². The molecule has 0 aliphatic carbocycles. The van der Waals surface area contributed by atoms with Crippen LogP contribution in [0.4, 0.5) is 5.13 Å². The van der Waals surface area contributed by atoms with Crippen LogP contribution in [0.3, 0.4) is 0 Å². The number of ether oxygens (including phenoxy) is 1. The number of rotatable bonds is 6. The van der Waals surface area contributed by atoms with Gasteiger partial charge in [0.15, 0.2) is 0 Å². The predicted octanol–water partition coefficient (Wildman–Crippen LogP) is 3.70. The number of phenolic OH excluding ortho intramolecular Hbond substituents is 1. The van der Waals surface area contributed by atoms with Crippen molar-refractivity contribution in [3.63, 3.8) is 0 Å². The second kappa shape index (κ2) is 8.11. The third-order valence-electron chi connectivity index (χ3n) is 3.42. The molecule has 0 aliphatic rings. The molecule has 134 valence electrons. The van der Waals surface area contributed by atoms with Crippen molar-refractivity contribution in [2.75, 3.05) is 12.0 Å². The molecule has 2 rings (SSSR count). The summed E-state index contributed by atoms with van der Waals surface area (Å²) in [4.78, 5) is 15.7. The zero-order valence-corrected chi connectivity index (χ0v) is 15.7. The average molecular weight is 361 g/mol. The normalized spacial score (nSPS) is 11.7. The van der Waals surface area contributed by atoms with Crippen LogP contribution in [0, 0.1) is 0 Å². The Labute approximate surface area is 151 Å². The molecule has 1 aromatic carbocycles. The standard InChI is InChI=1S/C18H23N3O3S/c1-5-24-15(22)9-13-11-25-17(20-13)21-19-10-12-7-6-8-14(16(12)23)18(2,3)4/h6-8,10-11,23H,5,9H2,1-4H3,(H,20,21). The van der Waals surface area contributed by atoms with Gasteiger partial charge in [0.2, 0.25) is 5.13 Å². The second-order valence-electron chi connectivity index (χ2n) is 6.49. The molecule has 2 N–H and O–H groups in total. The topological polar surface area (TPSA) is 83.8 Å². The zero-order valence-electron chi connectivity index (χ0n) is 14.9. The number of nitrogens with zero attached hydrogens (tertiary/aromatic N) is 2. The molecule has 0 aliphatic heterocycles. The third-order valence-corrected chi connectivity index (χ3v) is 4.22. The molecule has 6 nitrogen and oxygen atoms in total. The van der Waals surface area contributed by atoms with Crippen LogP contribution in [-0.4, -0.2) is 28.9 Å². The number of carbonyl (C=O) groups is 1. The Morgan fingerprint density at radius 1 is 1.44 bits per heavy atom. The predicted molar refractivity (Wildman–Crippen MR) is 100 cm³/mol. The molecule has 0 atom stereocenters. The first kappa shape index (κ1) is 18.9. The molecule has 0 radical (unpaired) electrons. The molecular weight excluding hydrogens is 338 g/mol. The zero-order chi connectivity index (χ0) is 18.4. The molecule has 0 spiro atoms. The Kier molecular flexibility index (Phi) is 6.14. The van der Waals surface area contributed by atoms with Crippen LogP contribution >= 0.6 is 11.3 Å². The van der Waals surface area contributed by atoms with Crippen molar-refractivity contribution < 1.29 is 14.6 Å². The van der Waals surface area contributed by atoms with Gasteiger partial charge in [-0.2, -0.15) is 5.10 Å². The number of hydrogen-bond donors (Lipinski definition) is 2. The molecule has 0 amide bonds. The first-order valence-electron chi connectivity index (χ1n) is 8.02. The van der Waals surface area contributed by atoms with Crippen molar-refractivity contribution in [3.05, 3.63) is 40.4 Å². The Morgan fingerprint density at radius 2 is 2.20 bits per heavy atom. The van der Waals surface area contributed by atoms with Gasteiger partial charge in [-0.3, -0.25) is 10.2 Å². The highest BCUT2D eigenvalue weighted by Gasteiger charge is 2.19. The van der Waals surface area contributed by atoms with Crippen LogP contribution in [0.25, 0.3) is 0 Å². The molecule has 0 fully saturated rings. The molecule has 25 heavy (non-hydrogen) atoms. The van der Waals surface area contributed by atoms with Gasteiger partial charge in [-0.1, -0.05) is 32.9 Å². The summed E-state index contributed by atoms with van der Waals surface area (Å²) < 4.78 is 4.89. The number of carbonyl (C=O) groups excluding carboxylic acids is 1. The van der Waals surface area contributed by atoms with Gasteiger partial charge in [-0.15, -0.1) is 11.3 Å². The van der Waals surface area contributed by atoms with E-state index in [1.165, 1.54) is 11.3 Å². The fraction of sp³-hybridized carbons (Fsp3) is 0.389. The minimum atomic E-state index is -0.299. The van der Waals surface area contributed by atoms with Crippen molar-refractivity contribution in [2.45, 2.75) is 39.5 Å². The number of anilines is 1. The number of aromatic hydroxyl groups is 1. The molecule has 7 heteroatoms. The first-order chi connectivity index (χ1) is 11.8. The maximum Gasteiger partial charge on any atom is 0.311 e. The first-order valence-corrected chi connectivity index (χ1v) is 8.90. The maximum absolute atomic E-state index is 11.4. The van der Waals surface area contributed by atoms with E-state index in [1.54, 1.807) is 24.6 Å². The summed E-state index contributed by atoms with van der Waals surface area (Å²) in [7, 11) is 0. The van der Waals surface area contributed by atoms with Crippen LogP contribution < -0.4 is 5.43 Å². The van der Waals surface area contributed by atoms with Gasteiger partial charge in [-0.05, 0) is 24.0 Å². The lowest BCUT2D eigenvalue weighted by atomic mass is 9.85. The monoisotopic (exact) mass is 361 g/mol. The lowest BCUT2D eigenvalue weighted by Gasteiger charge is -2.21. The Balaban J connectivity index is 2.02. The van der Waals surface area contributed by atoms with Gasteiger partial charge in [0.25, 0.3) is 0 Å². The van der Waals surface area contributed by atoms with E-state index in [9.17, 15) is 9.90 Å². The van der Waals surface area contributed by atoms with E-state index in [2.05, 4.69) is 15.5 Å². The van der Waals surface area contributed by atoms with Crippen LogP contribution in [0.1, 0.15) is 44.5 Å². The van der Waals surface area contributed by atoms with E-state index in [4.69, 9.17) is 4.74 Å². The van der Waals surface area contributed by atoms with Crippen LogP contribution in [0.2, 0.25) is 0 Å². The van der Waals surface area contributed by atoms with Crippen LogP contribution in [-0.2, 0) is 21.4 Å². The number of aromatic nitrogens is 1. The van der Waals surface area contributed by atoms with Crippen LogP contribution in [0.15, 0.2) is 28.7 Å². The molecule has 1 heterocycles. The van der Waals surface area contributed by atoms with Crippen molar-refractivity contribution >= 4 is 28.7 Å².